The first-order valence-corrected chi connectivity index (χ1v) is 10.3. The van der Waals surface area contributed by atoms with E-state index in [0.29, 0.717) is 18.5 Å². The SMILES string of the molecule is Cn1cnc(-c2ccc3c(c2)CN([C@H]2CCC(=O)NC2=O)C3=O)c1-c1ccc(=O)n(C)c1. The number of rotatable bonds is 3. The van der Waals surface area contributed by atoms with Crippen LogP contribution in [0, 0.1) is 0 Å². The predicted molar refractivity (Wildman–Crippen MR) is 115 cm³/mol. The topological polar surface area (TPSA) is 106 Å². The molecule has 3 aromatic rings. The molecule has 0 spiro atoms. The van der Waals surface area contributed by atoms with Gasteiger partial charge in [-0.15, -0.1) is 0 Å². The van der Waals surface area contributed by atoms with Crippen LogP contribution in [0.3, 0.4) is 0 Å². The number of fused-ring (bicyclic) bond motifs is 1. The van der Waals surface area contributed by atoms with Gasteiger partial charge in [0.25, 0.3) is 5.91 Å². The smallest absolute Gasteiger partial charge is 0.255 e. The molecule has 2 aliphatic rings. The maximum Gasteiger partial charge on any atom is 0.255 e. The van der Waals surface area contributed by atoms with Crippen LogP contribution >= 0.6 is 0 Å². The molecule has 4 heterocycles. The average molecular weight is 431 g/mol. The summed E-state index contributed by atoms with van der Waals surface area (Å²) in [6.07, 6.45) is 4.03. The highest BCUT2D eigenvalue weighted by molar-refractivity contribution is 6.05. The zero-order chi connectivity index (χ0) is 22.6. The Morgan fingerprint density at radius 2 is 1.78 bits per heavy atom. The second-order valence-corrected chi connectivity index (χ2v) is 8.19. The van der Waals surface area contributed by atoms with E-state index in [0.717, 1.165) is 28.1 Å². The van der Waals surface area contributed by atoms with Crippen molar-refractivity contribution in [1.29, 1.82) is 0 Å². The van der Waals surface area contributed by atoms with Gasteiger partial charge in [-0.2, -0.15) is 0 Å². The summed E-state index contributed by atoms with van der Waals surface area (Å²) in [4.78, 5) is 54.6. The maximum atomic E-state index is 12.9. The summed E-state index contributed by atoms with van der Waals surface area (Å²) in [7, 11) is 3.59. The van der Waals surface area contributed by atoms with E-state index in [4.69, 9.17) is 0 Å². The number of piperidine rings is 1. The van der Waals surface area contributed by atoms with Crippen molar-refractivity contribution in [2.75, 3.05) is 0 Å². The lowest BCUT2D eigenvalue weighted by Gasteiger charge is -2.29. The fraction of sp³-hybridized carbons (Fsp3) is 0.261. The minimum atomic E-state index is -0.646. The number of hydrogen-bond acceptors (Lipinski definition) is 5. The Hall–Kier alpha value is -4.01. The third-order valence-electron chi connectivity index (χ3n) is 6.09. The lowest BCUT2D eigenvalue weighted by molar-refractivity contribution is -0.136. The molecule has 0 bridgehead atoms. The third kappa shape index (κ3) is 3.13. The van der Waals surface area contributed by atoms with Crippen molar-refractivity contribution in [1.82, 2.24) is 24.3 Å². The van der Waals surface area contributed by atoms with Crippen LogP contribution in [-0.4, -0.2) is 42.8 Å². The van der Waals surface area contributed by atoms with Crippen LogP contribution < -0.4 is 10.9 Å². The normalized spacial score (nSPS) is 18.1. The highest BCUT2D eigenvalue weighted by atomic mass is 16.2. The van der Waals surface area contributed by atoms with Crippen LogP contribution in [0.4, 0.5) is 0 Å². The zero-order valence-electron chi connectivity index (χ0n) is 17.7. The number of imide groups is 1. The number of aromatic nitrogens is 3. The van der Waals surface area contributed by atoms with E-state index < -0.39 is 11.9 Å². The number of imidazole rings is 1. The van der Waals surface area contributed by atoms with Crippen molar-refractivity contribution in [2.45, 2.75) is 25.4 Å². The van der Waals surface area contributed by atoms with Gasteiger partial charge in [-0.05, 0) is 30.2 Å². The zero-order valence-corrected chi connectivity index (χ0v) is 17.7. The first-order valence-electron chi connectivity index (χ1n) is 10.3. The van der Waals surface area contributed by atoms with Gasteiger partial charge in [-0.3, -0.25) is 24.5 Å². The summed E-state index contributed by atoms with van der Waals surface area (Å²) in [5, 5.41) is 2.32. The minimum absolute atomic E-state index is 0.0953. The van der Waals surface area contributed by atoms with Crippen molar-refractivity contribution in [2.24, 2.45) is 14.1 Å². The van der Waals surface area contributed by atoms with Gasteiger partial charge < -0.3 is 14.0 Å². The van der Waals surface area contributed by atoms with Crippen LogP contribution in [-0.2, 0) is 30.2 Å². The van der Waals surface area contributed by atoms with Crippen molar-refractivity contribution in [3.8, 4) is 22.5 Å². The van der Waals surface area contributed by atoms with Crippen LogP contribution in [0.1, 0.15) is 28.8 Å². The van der Waals surface area contributed by atoms with E-state index in [-0.39, 0.29) is 23.8 Å². The van der Waals surface area contributed by atoms with E-state index in [1.54, 1.807) is 31.7 Å². The van der Waals surface area contributed by atoms with Gasteiger partial charge in [-0.1, -0.05) is 6.07 Å². The van der Waals surface area contributed by atoms with E-state index in [1.165, 1.54) is 15.5 Å². The second kappa shape index (κ2) is 7.30. The number of nitrogens with zero attached hydrogens (tertiary/aromatic N) is 4. The van der Waals surface area contributed by atoms with Gasteiger partial charge in [-0.25, -0.2) is 4.98 Å². The molecular weight excluding hydrogens is 410 g/mol. The molecule has 5 rings (SSSR count). The number of hydrogen-bond donors (Lipinski definition) is 1. The van der Waals surface area contributed by atoms with Gasteiger partial charge in [0.1, 0.15) is 6.04 Å². The first-order chi connectivity index (χ1) is 15.3. The number of pyridine rings is 1. The van der Waals surface area contributed by atoms with E-state index in [1.807, 2.05) is 23.7 Å². The summed E-state index contributed by atoms with van der Waals surface area (Å²) in [6.45, 7) is 0.302. The number of carbonyl (C=O) groups excluding carboxylic acids is 3. The van der Waals surface area contributed by atoms with Crippen molar-refractivity contribution >= 4 is 17.7 Å². The summed E-state index contributed by atoms with van der Waals surface area (Å²) in [5.41, 5.74) is 4.55. The molecule has 9 heteroatoms. The molecule has 0 aliphatic carbocycles. The fourth-order valence-corrected chi connectivity index (χ4v) is 4.44. The Morgan fingerprint density at radius 3 is 2.53 bits per heavy atom. The molecule has 1 N–H and O–H groups in total. The predicted octanol–water partition coefficient (Wildman–Crippen LogP) is 1.21. The van der Waals surface area contributed by atoms with Gasteiger partial charge in [0, 0.05) is 56.0 Å². The molecule has 0 radical (unpaired) electrons. The Balaban J connectivity index is 1.50. The van der Waals surface area contributed by atoms with Gasteiger partial charge in [0.05, 0.1) is 17.7 Å². The van der Waals surface area contributed by atoms with Crippen molar-refractivity contribution in [3.05, 3.63) is 64.3 Å². The number of nitrogens with one attached hydrogen (secondary N) is 1. The standard InChI is InChI=1S/C23H21N5O4/c1-26-10-14(4-8-19(26)30)21-20(24-12-27(21)2)13-3-5-16-15(9-13)11-28(23(16)32)17-6-7-18(29)25-22(17)31/h3-5,8-10,12,17H,6-7,11H2,1-2H3,(H,25,29,31)/t17-/m0/s1. The molecule has 0 saturated carbocycles. The molecule has 9 nitrogen and oxygen atoms in total. The Bertz CT molecular complexity index is 1350. The molecule has 1 saturated heterocycles. The molecule has 3 amide bonds. The largest absolute Gasteiger partial charge is 0.333 e. The number of carbonyl (C=O) groups is 3. The minimum Gasteiger partial charge on any atom is -0.333 e. The lowest BCUT2D eigenvalue weighted by Crippen LogP contribution is -2.52. The van der Waals surface area contributed by atoms with Crippen LogP contribution in [0.2, 0.25) is 0 Å². The van der Waals surface area contributed by atoms with Crippen molar-refractivity contribution < 1.29 is 14.4 Å². The number of aryl methyl sites for hydroxylation is 2. The summed E-state index contributed by atoms with van der Waals surface area (Å²) in [6, 6.07) is 8.17. The van der Waals surface area contributed by atoms with E-state index in [9.17, 15) is 19.2 Å². The average Bonchev–Trinajstić information content (AvgIpc) is 3.30. The van der Waals surface area contributed by atoms with E-state index >= 15 is 0 Å². The fourth-order valence-electron chi connectivity index (χ4n) is 4.44. The summed E-state index contributed by atoms with van der Waals surface area (Å²) in [5.74, 6) is -0.941. The summed E-state index contributed by atoms with van der Waals surface area (Å²) < 4.78 is 3.41. The molecule has 1 atom stereocenters. The Kier molecular flexibility index (Phi) is 4.54. The van der Waals surface area contributed by atoms with Crippen molar-refractivity contribution in [3.63, 3.8) is 0 Å². The Morgan fingerprint density at radius 1 is 1.00 bits per heavy atom. The third-order valence-corrected chi connectivity index (χ3v) is 6.09. The Labute approximate surface area is 183 Å². The second-order valence-electron chi connectivity index (χ2n) is 8.19. The highest BCUT2D eigenvalue weighted by Gasteiger charge is 2.39. The molecule has 1 aromatic carbocycles. The molecule has 2 aromatic heterocycles. The van der Waals surface area contributed by atoms with Gasteiger partial charge >= 0.3 is 0 Å². The van der Waals surface area contributed by atoms with E-state index in [2.05, 4.69) is 10.3 Å². The molecule has 0 unspecified atom stereocenters. The number of benzene rings is 1. The monoisotopic (exact) mass is 431 g/mol. The van der Waals surface area contributed by atoms with Gasteiger partial charge in [0.2, 0.25) is 17.4 Å². The van der Waals surface area contributed by atoms with Crippen LogP contribution in [0.15, 0.2) is 47.7 Å². The molecular formula is C23H21N5O4. The first kappa shape index (κ1) is 19.9. The maximum absolute atomic E-state index is 12.9. The molecule has 32 heavy (non-hydrogen) atoms. The van der Waals surface area contributed by atoms with Crippen LogP contribution in [0.25, 0.3) is 22.5 Å². The highest BCUT2D eigenvalue weighted by Crippen LogP contribution is 2.34. The summed E-state index contributed by atoms with van der Waals surface area (Å²) >= 11 is 0. The molecule has 2 aliphatic heterocycles. The molecule has 162 valence electrons. The quantitative estimate of drug-likeness (QED) is 0.628. The van der Waals surface area contributed by atoms with Crippen LogP contribution in [0.5, 0.6) is 0 Å². The molecule has 1 fully saturated rings. The lowest BCUT2D eigenvalue weighted by atomic mass is 10.0. The van der Waals surface area contributed by atoms with Gasteiger partial charge in [0.15, 0.2) is 0 Å². The number of amides is 3.